The maximum absolute atomic E-state index is 10.9. The van der Waals surface area contributed by atoms with Crippen LogP contribution in [0, 0.1) is 13.8 Å². The van der Waals surface area contributed by atoms with Crippen LogP contribution in [0.2, 0.25) is 0 Å². The quantitative estimate of drug-likeness (QED) is 0.556. The zero-order chi connectivity index (χ0) is 11.4. The van der Waals surface area contributed by atoms with E-state index in [1.807, 2.05) is 45.0 Å². The number of carbonyl (C=O) groups is 1. The lowest BCUT2D eigenvalue weighted by Gasteiger charge is -2.08. The molecule has 0 amide bonds. The van der Waals surface area contributed by atoms with Crippen LogP contribution >= 0.6 is 0 Å². The summed E-state index contributed by atoms with van der Waals surface area (Å²) in [7, 11) is 3.76. The summed E-state index contributed by atoms with van der Waals surface area (Å²) in [4.78, 5) is 17.1. The first-order valence-electron chi connectivity index (χ1n) is 4.82. The summed E-state index contributed by atoms with van der Waals surface area (Å²) in [6, 6.07) is 3.90. The van der Waals surface area contributed by atoms with Crippen LogP contribution in [0.25, 0.3) is 5.57 Å². The Kier molecular flexibility index (Phi) is 3.61. The third-order valence-corrected chi connectivity index (χ3v) is 1.92. The Bertz CT molecular complexity index is 374. The summed E-state index contributed by atoms with van der Waals surface area (Å²) < 4.78 is 0. The van der Waals surface area contributed by atoms with Gasteiger partial charge in [-0.15, -0.1) is 0 Å². The summed E-state index contributed by atoms with van der Waals surface area (Å²) in [5, 5.41) is 0. The van der Waals surface area contributed by atoms with E-state index in [0.29, 0.717) is 5.57 Å². The van der Waals surface area contributed by atoms with Crippen molar-refractivity contribution in [3.05, 3.63) is 35.3 Å². The van der Waals surface area contributed by atoms with Gasteiger partial charge in [0.25, 0.3) is 0 Å². The highest BCUT2D eigenvalue weighted by atomic mass is 16.1. The number of aromatic nitrogens is 1. The molecule has 0 bridgehead atoms. The topological polar surface area (TPSA) is 33.2 Å². The molecule has 0 aliphatic heterocycles. The van der Waals surface area contributed by atoms with Crippen LogP contribution in [-0.2, 0) is 4.79 Å². The minimum absolute atomic E-state index is 0.604. The van der Waals surface area contributed by atoms with Gasteiger partial charge in [-0.2, -0.15) is 0 Å². The maximum atomic E-state index is 10.9. The molecule has 0 N–H and O–H groups in total. The minimum Gasteiger partial charge on any atom is -0.383 e. The minimum atomic E-state index is 0.604. The van der Waals surface area contributed by atoms with Crippen LogP contribution in [0.4, 0.5) is 0 Å². The van der Waals surface area contributed by atoms with Crippen LogP contribution in [0.1, 0.15) is 17.0 Å². The van der Waals surface area contributed by atoms with Crippen LogP contribution in [0.3, 0.4) is 0 Å². The van der Waals surface area contributed by atoms with Crippen LogP contribution in [-0.4, -0.2) is 30.3 Å². The average Bonchev–Trinajstić information content (AvgIpc) is 2.12. The van der Waals surface area contributed by atoms with Gasteiger partial charge in [0.05, 0.1) is 11.3 Å². The molecule has 3 heteroatoms. The van der Waals surface area contributed by atoms with Gasteiger partial charge in [-0.25, -0.2) is 0 Å². The Morgan fingerprint density at radius 1 is 1.33 bits per heavy atom. The number of pyridine rings is 1. The van der Waals surface area contributed by atoms with Gasteiger partial charge in [-0.3, -0.25) is 9.78 Å². The number of hydrogen-bond acceptors (Lipinski definition) is 3. The fourth-order valence-electron chi connectivity index (χ4n) is 1.42. The average molecular weight is 204 g/mol. The first-order valence-corrected chi connectivity index (χ1v) is 4.82. The fourth-order valence-corrected chi connectivity index (χ4v) is 1.42. The number of nitrogens with zero attached hydrogens (tertiary/aromatic N) is 2. The van der Waals surface area contributed by atoms with E-state index < -0.39 is 0 Å². The van der Waals surface area contributed by atoms with Crippen molar-refractivity contribution in [3.63, 3.8) is 0 Å². The van der Waals surface area contributed by atoms with Gasteiger partial charge in [0.1, 0.15) is 0 Å². The van der Waals surface area contributed by atoms with Crippen LogP contribution in [0.5, 0.6) is 0 Å². The Hall–Kier alpha value is -1.64. The van der Waals surface area contributed by atoms with Crippen molar-refractivity contribution in [1.29, 1.82) is 0 Å². The number of carbonyl (C=O) groups excluding carboxylic acids is 1. The van der Waals surface area contributed by atoms with Gasteiger partial charge in [-0.1, -0.05) is 0 Å². The van der Waals surface area contributed by atoms with Gasteiger partial charge < -0.3 is 4.90 Å². The third-order valence-electron chi connectivity index (χ3n) is 1.92. The molecule has 0 fully saturated rings. The van der Waals surface area contributed by atoms with Gasteiger partial charge in [0.2, 0.25) is 0 Å². The van der Waals surface area contributed by atoms with E-state index in [0.717, 1.165) is 23.2 Å². The van der Waals surface area contributed by atoms with E-state index >= 15 is 0 Å². The molecule has 3 nitrogen and oxygen atoms in total. The zero-order valence-electron chi connectivity index (χ0n) is 9.61. The first kappa shape index (κ1) is 11.4. The van der Waals surface area contributed by atoms with E-state index in [9.17, 15) is 4.79 Å². The highest BCUT2D eigenvalue weighted by Crippen LogP contribution is 2.12. The molecular weight excluding hydrogens is 188 g/mol. The van der Waals surface area contributed by atoms with E-state index in [-0.39, 0.29) is 0 Å². The third kappa shape index (κ3) is 3.20. The van der Waals surface area contributed by atoms with E-state index in [1.165, 1.54) is 0 Å². The Morgan fingerprint density at radius 2 is 2.00 bits per heavy atom. The molecule has 15 heavy (non-hydrogen) atoms. The molecule has 0 aliphatic carbocycles. The SMILES string of the molecule is Cc1cc(C)nc(/C(C=O)=C/N(C)C)c1. The number of aldehydes is 1. The van der Waals surface area contributed by atoms with Gasteiger partial charge in [0, 0.05) is 26.0 Å². The normalized spacial score (nSPS) is 11.3. The van der Waals surface area contributed by atoms with Gasteiger partial charge >= 0.3 is 0 Å². The number of rotatable bonds is 3. The number of hydrogen-bond donors (Lipinski definition) is 0. The highest BCUT2D eigenvalue weighted by Gasteiger charge is 2.04. The summed E-state index contributed by atoms with van der Waals surface area (Å²) in [5.41, 5.74) is 3.38. The molecule has 1 aromatic rings. The Labute approximate surface area is 90.4 Å². The predicted octanol–water partition coefficient (Wildman–Crippen LogP) is 1.80. The van der Waals surface area contributed by atoms with Crippen molar-refractivity contribution in [2.75, 3.05) is 14.1 Å². The second-order valence-electron chi connectivity index (χ2n) is 3.84. The van der Waals surface area contributed by atoms with Crippen molar-refractivity contribution < 1.29 is 4.79 Å². The van der Waals surface area contributed by atoms with E-state index in [2.05, 4.69) is 4.98 Å². The molecule has 0 saturated heterocycles. The molecule has 0 spiro atoms. The van der Waals surface area contributed by atoms with Crippen molar-refractivity contribution in [2.45, 2.75) is 13.8 Å². The van der Waals surface area contributed by atoms with Crippen molar-refractivity contribution in [3.8, 4) is 0 Å². The fraction of sp³-hybridized carbons (Fsp3) is 0.333. The van der Waals surface area contributed by atoms with E-state index in [4.69, 9.17) is 0 Å². The standard InChI is InChI=1S/C12H16N2O/c1-9-5-10(2)13-12(6-9)11(8-15)7-14(3)4/h5-8H,1-4H3/b11-7+. The molecule has 0 unspecified atom stereocenters. The largest absolute Gasteiger partial charge is 0.383 e. The lowest BCUT2D eigenvalue weighted by molar-refractivity contribution is -0.103. The van der Waals surface area contributed by atoms with Crippen molar-refractivity contribution >= 4 is 11.9 Å². The molecule has 1 heterocycles. The molecule has 80 valence electrons. The highest BCUT2D eigenvalue weighted by molar-refractivity contribution is 6.05. The molecular formula is C12H16N2O. The molecule has 1 aromatic heterocycles. The second-order valence-corrected chi connectivity index (χ2v) is 3.84. The lowest BCUT2D eigenvalue weighted by Crippen LogP contribution is -2.04. The van der Waals surface area contributed by atoms with E-state index in [1.54, 1.807) is 6.20 Å². The summed E-state index contributed by atoms with van der Waals surface area (Å²) >= 11 is 0. The summed E-state index contributed by atoms with van der Waals surface area (Å²) in [6.45, 7) is 3.92. The van der Waals surface area contributed by atoms with Crippen LogP contribution < -0.4 is 0 Å². The van der Waals surface area contributed by atoms with Crippen molar-refractivity contribution in [2.24, 2.45) is 0 Å². The molecule has 0 atom stereocenters. The molecule has 0 radical (unpaired) electrons. The number of allylic oxidation sites excluding steroid dienone is 1. The predicted molar refractivity (Wildman–Crippen MR) is 61.4 cm³/mol. The molecule has 1 rings (SSSR count). The summed E-state index contributed by atoms with van der Waals surface area (Å²) in [5.74, 6) is 0. The van der Waals surface area contributed by atoms with Crippen LogP contribution in [0.15, 0.2) is 18.3 Å². The maximum Gasteiger partial charge on any atom is 0.153 e. The Morgan fingerprint density at radius 3 is 2.47 bits per heavy atom. The van der Waals surface area contributed by atoms with Gasteiger partial charge in [0.15, 0.2) is 6.29 Å². The first-order chi connectivity index (χ1) is 7.02. The lowest BCUT2D eigenvalue weighted by atomic mass is 10.1. The number of aryl methyl sites for hydroxylation is 2. The smallest absolute Gasteiger partial charge is 0.153 e. The summed E-state index contributed by atoms with van der Waals surface area (Å²) in [6.07, 6.45) is 2.61. The second kappa shape index (κ2) is 4.73. The van der Waals surface area contributed by atoms with Crippen molar-refractivity contribution in [1.82, 2.24) is 9.88 Å². The van der Waals surface area contributed by atoms with Gasteiger partial charge in [-0.05, 0) is 31.5 Å². The Balaban J connectivity index is 3.18. The monoisotopic (exact) mass is 204 g/mol. The molecule has 0 saturated carbocycles. The molecule has 0 aromatic carbocycles. The molecule has 0 aliphatic rings. The zero-order valence-corrected chi connectivity index (χ0v) is 9.61.